The molecule has 8 nitrogen and oxygen atoms in total. The zero-order valence-corrected chi connectivity index (χ0v) is 23.0. The number of carbonyl (C=O) groups excluding carboxylic acids is 2. The Morgan fingerprint density at radius 2 is 1.64 bits per heavy atom. The van der Waals surface area contributed by atoms with E-state index in [0.29, 0.717) is 12.1 Å². The Balaban J connectivity index is 2.22. The normalized spacial score (nSPS) is 12.4. The van der Waals surface area contributed by atoms with Crippen molar-refractivity contribution in [1.82, 2.24) is 5.32 Å². The first-order chi connectivity index (χ1) is 16.7. The predicted molar refractivity (Wildman–Crippen MR) is 143 cm³/mol. The van der Waals surface area contributed by atoms with Crippen LogP contribution in [0.2, 0.25) is 25.7 Å². The molecule has 0 aliphatic rings. The maximum Gasteiger partial charge on any atom is 0.412 e. The van der Waals surface area contributed by atoms with Crippen LogP contribution in [0, 0.1) is 0 Å². The van der Waals surface area contributed by atoms with E-state index >= 15 is 0 Å². The van der Waals surface area contributed by atoms with Crippen LogP contribution in [0.15, 0.2) is 48.5 Å². The van der Waals surface area contributed by atoms with Crippen LogP contribution < -0.4 is 10.6 Å². The molecule has 2 aromatic rings. The van der Waals surface area contributed by atoms with Gasteiger partial charge in [0, 0.05) is 20.2 Å². The minimum Gasteiger partial charge on any atom is -0.480 e. The fourth-order valence-electron chi connectivity index (χ4n) is 3.48. The van der Waals surface area contributed by atoms with Crippen molar-refractivity contribution in [3.05, 3.63) is 65.2 Å². The quantitative estimate of drug-likeness (QED) is 0.343. The Bertz CT molecular complexity index is 1040. The van der Waals surface area contributed by atoms with E-state index in [1.54, 1.807) is 32.9 Å². The predicted octanol–water partition coefficient (Wildman–Crippen LogP) is 5.84. The van der Waals surface area contributed by atoms with Gasteiger partial charge in [0.1, 0.15) is 18.2 Å². The Morgan fingerprint density at radius 3 is 2.22 bits per heavy atom. The summed E-state index contributed by atoms with van der Waals surface area (Å²) in [4.78, 5) is 36.8. The average molecular weight is 515 g/mol. The van der Waals surface area contributed by atoms with E-state index in [2.05, 4.69) is 30.3 Å². The molecule has 1 atom stereocenters. The van der Waals surface area contributed by atoms with E-state index in [-0.39, 0.29) is 13.0 Å². The summed E-state index contributed by atoms with van der Waals surface area (Å²) in [5.74, 6) is -1.17. The summed E-state index contributed by atoms with van der Waals surface area (Å²) in [5, 5.41) is 15.1. The van der Waals surface area contributed by atoms with Gasteiger partial charge < -0.3 is 19.9 Å². The summed E-state index contributed by atoms with van der Waals surface area (Å²) in [6, 6.07) is 14.3. The summed E-state index contributed by atoms with van der Waals surface area (Å²) in [7, 11) is -1.44. The van der Waals surface area contributed by atoms with E-state index in [1.165, 1.54) is 0 Å². The molecule has 0 spiro atoms. The SMILES string of the molecule is CC(C)(C)OC(=O)Nc1cccc(C[C@@H](NC(=O)OCc2ccccc2)C(=O)O)c1CC[Si](C)(C)C. The van der Waals surface area contributed by atoms with Crippen LogP contribution in [0.5, 0.6) is 0 Å². The van der Waals surface area contributed by atoms with Crippen LogP contribution >= 0.6 is 0 Å². The van der Waals surface area contributed by atoms with E-state index in [9.17, 15) is 19.5 Å². The van der Waals surface area contributed by atoms with Crippen molar-refractivity contribution < 1.29 is 29.0 Å². The zero-order chi connectivity index (χ0) is 26.9. The first kappa shape index (κ1) is 28.9. The van der Waals surface area contributed by atoms with Crippen LogP contribution in [-0.2, 0) is 33.7 Å². The summed E-state index contributed by atoms with van der Waals surface area (Å²) < 4.78 is 10.6. The van der Waals surface area contributed by atoms with E-state index < -0.39 is 37.9 Å². The van der Waals surface area contributed by atoms with Gasteiger partial charge in [0.2, 0.25) is 0 Å². The number of nitrogens with one attached hydrogen (secondary N) is 2. The number of aliphatic carboxylic acids is 1. The van der Waals surface area contributed by atoms with Crippen molar-refractivity contribution in [2.24, 2.45) is 0 Å². The average Bonchev–Trinajstić information content (AvgIpc) is 2.75. The third-order valence-electron chi connectivity index (χ3n) is 5.26. The largest absolute Gasteiger partial charge is 0.480 e. The number of alkyl carbamates (subject to hydrolysis) is 1. The lowest BCUT2D eigenvalue weighted by molar-refractivity contribution is -0.139. The topological polar surface area (TPSA) is 114 Å². The third kappa shape index (κ3) is 10.5. The number of anilines is 1. The molecule has 0 aromatic heterocycles. The lowest BCUT2D eigenvalue weighted by atomic mass is 9.97. The molecule has 0 saturated heterocycles. The van der Waals surface area contributed by atoms with Crippen molar-refractivity contribution in [3.63, 3.8) is 0 Å². The van der Waals surface area contributed by atoms with Crippen LogP contribution in [-0.4, -0.2) is 43.0 Å². The number of benzene rings is 2. The maximum atomic E-state index is 12.5. The van der Waals surface area contributed by atoms with Crippen molar-refractivity contribution in [2.75, 3.05) is 5.32 Å². The van der Waals surface area contributed by atoms with Gasteiger partial charge in [-0.2, -0.15) is 0 Å². The second-order valence-electron chi connectivity index (χ2n) is 10.9. The molecule has 0 bridgehead atoms. The van der Waals surface area contributed by atoms with Gasteiger partial charge in [-0.25, -0.2) is 14.4 Å². The molecule has 0 saturated carbocycles. The van der Waals surface area contributed by atoms with E-state index in [0.717, 1.165) is 22.7 Å². The number of carboxylic acids is 1. The van der Waals surface area contributed by atoms with Crippen molar-refractivity contribution in [3.8, 4) is 0 Å². The molecular formula is C27H38N2O6Si. The van der Waals surface area contributed by atoms with Gasteiger partial charge in [0.15, 0.2) is 0 Å². The van der Waals surface area contributed by atoms with Crippen LogP contribution in [0.1, 0.15) is 37.5 Å². The smallest absolute Gasteiger partial charge is 0.412 e. The number of hydrogen-bond acceptors (Lipinski definition) is 5. The monoisotopic (exact) mass is 514 g/mol. The molecule has 36 heavy (non-hydrogen) atoms. The highest BCUT2D eigenvalue weighted by molar-refractivity contribution is 6.76. The van der Waals surface area contributed by atoms with Crippen LogP contribution in [0.3, 0.4) is 0 Å². The maximum absolute atomic E-state index is 12.5. The molecule has 9 heteroatoms. The number of carboxylic acid groups (broad SMARTS) is 1. The molecule has 0 unspecified atom stereocenters. The molecule has 0 aliphatic carbocycles. The Kier molecular flexibility index (Phi) is 10.1. The van der Waals surface area contributed by atoms with Crippen LogP contribution in [0.25, 0.3) is 0 Å². The Hall–Kier alpha value is -3.33. The van der Waals surface area contributed by atoms with Crippen molar-refractivity contribution in [1.29, 1.82) is 0 Å². The molecule has 2 aromatic carbocycles. The second kappa shape index (κ2) is 12.6. The molecule has 0 fully saturated rings. The molecule has 0 heterocycles. The zero-order valence-electron chi connectivity index (χ0n) is 22.0. The third-order valence-corrected chi connectivity index (χ3v) is 7.01. The Labute approximate surface area is 214 Å². The van der Waals surface area contributed by atoms with Crippen LogP contribution in [0.4, 0.5) is 15.3 Å². The number of hydrogen-bond donors (Lipinski definition) is 3. The first-order valence-corrected chi connectivity index (χ1v) is 15.7. The highest BCUT2D eigenvalue weighted by atomic mass is 28.3. The van der Waals surface area contributed by atoms with Gasteiger partial charge in [-0.05, 0) is 49.9 Å². The molecule has 0 radical (unpaired) electrons. The molecule has 196 valence electrons. The molecule has 2 rings (SSSR count). The van der Waals surface area contributed by atoms with Crippen molar-refractivity contribution in [2.45, 2.75) is 77.5 Å². The van der Waals surface area contributed by atoms with Gasteiger partial charge in [-0.1, -0.05) is 68.1 Å². The fourth-order valence-corrected chi connectivity index (χ4v) is 4.48. The summed E-state index contributed by atoms with van der Waals surface area (Å²) in [6.45, 7) is 12.2. The highest BCUT2D eigenvalue weighted by Crippen LogP contribution is 2.26. The highest BCUT2D eigenvalue weighted by Gasteiger charge is 2.25. The van der Waals surface area contributed by atoms with Gasteiger partial charge in [-0.3, -0.25) is 5.32 Å². The number of ether oxygens (including phenoxy) is 2. The lowest BCUT2D eigenvalue weighted by Gasteiger charge is -2.23. The summed E-state index contributed by atoms with van der Waals surface area (Å²) in [5.41, 5.74) is 2.30. The van der Waals surface area contributed by atoms with Gasteiger partial charge in [0.25, 0.3) is 0 Å². The molecule has 0 aliphatic heterocycles. The Morgan fingerprint density at radius 1 is 0.972 bits per heavy atom. The second-order valence-corrected chi connectivity index (χ2v) is 16.6. The first-order valence-electron chi connectivity index (χ1n) is 12.0. The van der Waals surface area contributed by atoms with E-state index in [1.807, 2.05) is 36.4 Å². The lowest BCUT2D eigenvalue weighted by Crippen LogP contribution is -2.42. The fraction of sp³-hybridized carbons (Fsp3) is 0.444. The standard InChI is InChI=1S/C27H38N2O6Si/c1-27(2,3)35-26(33)28-22-14-10-13-20(21(22)15-16-36(4,5)6)17-23(24(30)31)29-25(32)34-18-19-11-8-7-9-12-19/h7-14,23H,15-18H2,1-6H3,(H,28,33)(H,29,32)(H,30,31)/t23-/m1/s1. The minimum atomic E-state index is -1.44. The number of rotatable bonds is 10. The molecule has 2 amide bonds. The molecular weight excluding hydrogens is 476 g/mol. The minimum absolute atomic E-state index is 0.0375. The number of amides is 2. The summed E-state index contributed by atoms with van der Waals surface area (Å²) in [6.07, 6.45) is -0.674. The van der Waals surface area contributed by atoms with Gasteiger partial charge in [-0.15, -0.1) is 0 Å². The van der Waals surface area contributed by atoms with Crippen molar-refractivity contribution >= 4 is 31.9 Å². The van der Waals surface area contributed by atoms with E-state index in [4.69, 9.17) is 9.47 Å². The van der Waals surface area contributed by atoms with Gasteiger partial charge >= 0.3 is 18.2 Å². The number of carbonyl (C=O) groups is 3. The molecule has 3 N–H and O–H groups in total. The summed E-state index contributed by atoms with van der Waals surface area (Å²) >= 11 is 0. The van der Waals surface area contributed by atoms with Gasteiger partial charge in [0.05, 0.1) is 0 Å².